The maximum absolute atomic E-state index is 13.4. The average molecular weight is 259 g/mol. The zero-order valence-electron chi connectivity index (χ0n) is 10.6. The fourth-order valence-electron chi connectivity index (χ4n) is 1.69. The lowest BCUT2D eigenvalue weighted by Crippen LogP contribution is -2.27. The van der Waals surface area contributed by atoms with Crippen LogP contribution in [0.2, 0.25) is 0 Å². The predicted molar refractivity (Wildman–Crippen MR) is 69.2 cm³/mol. The predicted octanol–water partition coefficient (Wildman–Crippen LogP) is 1.90. The highest BCUT2D eigenvalue weighted by atomic mass is 19.1. The van der Waals surface area contributed by atoms with E-state index >= 15 is 0 Å². The molecular formula is C14H14FN3O. The lowest BCUT2D eigenvalue weighted by Gasteiger charge is -2.05. The smallest absolute Gasteiger partial charge is 0.270 e. The number of aromatic nitrogens is 2. The highest BCUT2D eigenvalue weighted by Gasteiger charge is 2.07. The summed E-state index contributed by atoms with van der Waals surface area (Å²) in [5.41, 5.74) is 0.905. The zero-order valence-corrected chi connectivity index (χ0v) is 10.6. The van der Waals surface area contributed by atoms with E-state index in [9.17, 15) is 9.18 Å². The second-order valence-electron chi connectivity index (χ2n) is 4.09. The van der Waals surface area contributed by atoms with Gasteiger partial charge in [0.25, 0.3) is 5.91 Å². The van der Waals surface area contributed by atoms with E-state index in [1.807, 2.05) is 0 Å². The third-order valence-corrected chi connectivity index (χ3v) is 2.65. The summed E-state index contributed by atoms with van der Waals surface area (Å²) in [7, 11) is 0. The fourth-order valence-corrected chi connectivity index (χ4v) is 1.69. The van der Waals surface area contributed by atoms with Crippen LogP contribution in [0.15, 0.2) is 36.5 Å². The number of amides is 1. The molecule has 1 amide bonds. The molecule has 0 saturated heterocycles. The molecule has 98 valence electrons. The minimum atomic E-state index is -0.276. The Morgan fingerprint density at radius 3 is 2.84 bits per heavy atom. The molecule has 1 N–H and O–H groups in total. The topological polar surface area (TPSA) is 54.9 Å². The quantitative estimate of drug-likeness (QED) is 0.912. The van der Waals surface area contributed by atoms with E-state index in [1.165, 1.54) is 12.3 Å². The maximum Gasteiger partial charge on any atom is 0.270 e. The third kappa shape index (κ3) is 3.58. The van der Waals surface area contributed by atoms with Crippen molar-refractivity contribution in [3.63, 3.8) is 0 Å². The van der Waals surface area contributed by atoms with E-state index in [0.717, 1.165) is 0 Å². The first-order chi connectivity index (χ1) is 9.16. The molecule has 0 atom stereocenters. The highest BCUT2D eigenvalue weighted by Crippen LogP contribution is 2.06. The van der Waals surface area contributed by atoms with Gasteiger partial charge < -0.3 is 5.32 Å². The number of halogens is 1. The second kappa shape index (κ2) is 6.04. The number of aryl methyl sites for hydroxylation is 1. The summed E-state index contributed by atoms with van der Waals surface area (Å²) >= 11 is 0. The lowest BCUT2D eigenvalue weighted by atomic mass is 10.1. The van der Waals surface area contributed by atoms with Crippen LogP contribution in [0.4, 0.5) is 4.39 Å². The summed E-state index contributed by atoms with van der Waals surface area (Å²) in [4.78, 5) is 19.7. The molecule has 2 aromatic rings. The Kier molecular flexibility index (Phi) is 4.18. The van der Waals surface area contributed by atoms with E-state index in [1.54, 1.807) is 31.2 Å². The van der Waals surface area contributed by atoms with Gasteiger partial charge in [-0.3, -0.25) is 4.79 Å². The van der Waals surface area contributed by atoms with Crippen molar-refractivity contribution >= 4 is 5.91 Å². The van der Waals surface area contributed by atoms with E-state index in [0.29, 0.717) is 30.0 Å². The number of carbonyl (C=O) groups excluding carboxylic acids is 1. The van der Waals surface area contributed by atoms with Crippen LogP contribution < -0.4 is 5.32 Å². The molecule has 0 aliphatic heterocycles. The van der Waals surface area contributed by atoms with Crippen molar-refractivity contribution < 1.29 is 9.18 Å². The van der Waals surface area contributed by atoms with Crippen molar-refractivity contribution in [2.45, 2.75) is 13.3 Å². The van der Waals surface area contributed by atoms with Gasteiger partial charge >= 0.3 is 0 Å². The molecule has 0 aliphatic carbocycles. The molecular weight excluding hydrogens is 245 g/mol. The van der Waals surface area contributed by atoms with Gasteiger partial charge in [-0.05, 0) is 31.0 Å². The zero-order chi connectivity index (χ0) is 13.7. The van der Waals surface area contributed by atoms with Crippen LogP contribution in [0, 0.1) is 12.7 Å². The Labute approximate surface area is 110 Å². The van der Waals surface area contributed by atoms with Crippen LogP contribution in [0.25, 0.3) is 0 Å². The number of hydrogen-bond donors (Lipinski definition) is 1. The van der Waals surface area contributed by atoms with Gasteiger partial charge in [-0.1, -0.05) is 18.2 Å². The Balaban J connectivity index is 1.90. The molecule has 2 rings (SSSR count). The molecule has 1 aromatic carbocycles. The number of hydrogen-bond acceptors (Lipinski definition) is 3. The Morgan fingerprint density at radius 2 is 2.11 bits per heavy atom. The van der Waals surface area contributed by atoms with E-state index in [2.05, 4.69) is 15.3 Å². The van der Waals surface area contributed by atoms with Crippen LogP contribution in [0.5, 0.6) is 0 Å². The molecule has 0 bridgehead atoms. The van der Waals surface area contributed by atoms with Gasteiger partial charge in [0, 0.05) is 12.7 Å². The van der Waals surface area contributed by atoms with Crippen molar-refractivity contribution in [2.24, 2.45) is 0 Å². The molecule has 19 heavy (non-hydrogen) atoms. The summed E-state index contributed by atoms with van der Waals surface area (Å²) in [6, 6.07) is 8.07. The van der Waals surface area contributed by atoms with Gasteiger partial charge in [-0.15, -0.1) is 0 Å². The van der Waals surface area contributed by atoms with Crippen molar-refractivity contribution in [1.82, 2.24) is 15.3 Å². The van der Waals surface area contributed by atoms with E-state index < -0.39 is 0 Å². The average Bonchev–Trinajstić information content (AvgIpc) is 2.41. The van der Waals surface area contributed by atoms with Crippen LogP contribution in [0.1, 0.15) is 21.9 Å². The molecule has 0 radical (unpaired) electrons. The molecule has 1 aromatic heterocycles. The Morgan fingerprint density at radius 1 is 1.32 bits per heavy atom. The summed E-state index contributed by atoms with van der Waals surface area (Å²) in [6.45, 7) is 2.08. The molecule has 0 unspecified atom stereocenters. The first-order valence-corrected chi connectivity index (χ1v) is 5.98. The molecule has 5 heteroatoms. The fraction of sp³-hybridized carbons (Fsp3) is 0.214. The van der Waals surface area contributed by atoms with Gasteiger partial charge in [0.15, 0.2) is 0 Å². The maximum atomic E-state index is 13.4. The van der Waals surface area contributed by atoms with Crippen molar-refractivity contribution in [3.05, 3.63) is 59.4 Å². The van der Waals surface area contributed by atoms with Gasteiger partial charge in [-0.2, -0.15) is 0 Å². The lowest BCUT2D eigenvalue weighted by molar-refractivity contribution is 0.0948. The molecule has 1 heterocycles. The van der Waals surface area contributed by atoms with Gasteiger partial charge in [0.05, 0.1) is 0 Å². The molecule has 0 fully saturated rings. The first-order valence-electron chi connectivity index (χ1n) is 5.98. The van der Waals surface area contributed by atoms with E-state index in [-0.39, 0.29) is 11.7 Å². The largest absolute Gasteiger partial charge is 0.350 e. The van der Waals surface area contributed by atoms with E-state index in [4.69, 9.17) is 0 Å². The van der Waals surface area contributed by atoms with Gasteiger partial charge in [0.1, 0.15) is 17.3 Å². The highest BCUT2D eigenvalue weighted by molar-refractivity contribution is 5.92. The van der Waals surface area contributed by atoms with Crippen LogP contribution in [-0.4, -0.2) is 22.4 Å². The summed E-state index contributed by atoms with van der Waals surface area (Å²) < 4.78 is 13.4. The molecule has 0 aliphatic rings. The summed E-state index contributed by atoms with van der Waals surface area (Å²) in [5.74, 6) is 0.0122. The summed E-state index contributed by atoms with van der Waals surface area (Å²) in [6.07, 6.45) is 1.98. The summed E-state index contributed by atoms with van der Waals surface area (Å²) in [5, 5.41) is 2.71. The van der Waals surface area contributed by atoms with Crippen LogP contribution in [-0.2, 0) is 6.42 Å². The number of benzene rings is 1. The minimum Gasteiger partial charge on any atom is -0.350 e. The van der Waals surface area contributed by atoms with Gasteiger partial charge in [0.2, 0.25) is 0 Å². The standard InChI is InChI=1S/C14H14FN3O/c1-10-16-9-7-13(18-10)14(19)17-8-6-11-4-2-3-5-12(11)15/h2-5,7,9H,6,8H2,1H3,(H,17,19). The molecule has 4 nitrogen and oxygen atoms in total. The minimum absolute atomic E-state index is 0.255. The SMILES string of the molecule is Cc1nccc(C(=O)NCCc2ccccc2F)n1. The number of carbonyl (C=O) groups is 1. The van der Waals surface area contributed by atoms with Crippen LogP contribution >= 0.6 is 0 Å². The Bertz CT molecular complexity index is 586. The van der Waals surface area contributed by atoms with Crippen molar-refractivity contribution in [3.8, 4) is 0 Å². The molecule has 0 saturated carbocycles. The van der Waals surface area contributed by atoms with Crippen LogP contribution in [0.3, 0.4) is 0 Å². The van der Waals surface area contributed by atoms with Crippen molar-refractivity contribution in [1.29, 1.82) is 0 Å². The number of rotatable bonds is 4. The molecule has 0 spiro atoms. The van der Waals surface area contributed by atoms with Gasteiger partial charge in [-0.25, -0.2) is 14.4 Å². The number of nitrogens with one attached hydrogen (secondary N) is 1. The third-order valence-electron chi connectivity index (χ3n) is 2.65. The van der Waals surface area contributed by atoms with Crippen molar-refractivity contribution in [2.75, 3.05) is 6.54 Å². The normalized spacial score (nSPS) is 10.2. The first kappa shape index (κ1) is 13.1. The Hall–Kier alpha value is -2.30. The number of nitrogens with zero attached hydrogens (tertiary/aromatic N) is 2. The monoisotopic (exact) mass is 259 g/mol. The second-order valence-corrected chi connectivity index (χ2v) is 4.09.